The minimum Gasteiger partial charge on any atom is -0.349 e. The molecule has 0 N–H and O–H groups in total. The highest BCUT2D eigenvalue weighted by atomic mass is 32.2. The Balaban J connectivity index is 0.000000207. The van der Waals surface area contributed by atoms with Crippen molar-refractivity contribution in [1.82, 2.24) is 0 Å². The van der Waals surface area contributed by atoms with Crippen LogP contribution in [0.2, 0.25) is 0 Å². The molecule has 0 saturated carbocycles. The molecule has 0 atom stereocenters. The molecule has 15 heteroatoms. The summed E-state index contributed by atoms with van der Waals surface area (Å²) in [5.41, 5.74) is 4.65. The van der Waals surface area contributed by atoms with Crippen LogP contribution < -0.4 is 0 Å². The first-order valence-electron chi connectivity index (χ1n) is 9.65. The molecule has 0 radical (unpaired) electrons. The average molecular weight is 496 g/mol. The highest BCUT2D eigenvalue weighted by Gasteiger charge is 2.11. The molecule has 0 fully saturated rings. The predicted molar refractivity (Wildman–Crippen MR) is 131 cm³/mol. The fraction of sp³-hybridized carbons (Fsp3) is 0.556. The van der Waals surface area contributed by atoms with Gasteiger partial charge < -0.3 is 9.68 Å². The minimum atomic E-state index is -0.252. The van der Waals surface area contributed by atoms with Crippen LogP contribution in [0, 0.1) is 0 Å². The Hall–Kier alpha value is -3.07. The number of hydrogen-bond donors (Lipinski definition) is 0. The zero-order chi connectivity index (χ0) is 24.6. The van der Waals surface area contributed by atoms with Gasteiger partial charge in [-0.3, -0.25) is 4.79 Å². The molecule has 0 aromatic heterocycles. The minimum absolute atomic E-state index is 0.164. The summed E-state index contributed by atoms with van der Waals surface area (Å²) < 4.78 is 3.80. The van der Waals surface area contributed by atoms with Crippen LogP contribution in [-0.4, -0.2) is 57.8 Å². The van der Waals surface area contributed by atoms with E-state index in [0.717, 1.165) is 46.9 Å². The first kappa shape index (κ1) is 28.0. The molecule has 5 rings (SSSR count). The number of nitrogens with zero attached hydrogens (tertiary/aromatic N) is 9. The number of rotatable bonds is 0. The highest BCUT2D eigenvalue weighted by molar-refractivity contribution is 8.13. The molecular weight excluding hydrogens is 470 g/mol. The summed E-state index contributed by atoms with van der Waals surface area (Å²) in [4.78, 5) is 29.2. The molecular formula is C18H25N9O4S2. The van der Waals surface area contributed by atoms with Gasteiger partial charge in [-0.1, -0.05) is 10.3 Å². The van der Waals surface area contributed by atoms with E-state index >= 15 is 0 Å². The fourth-order valence-corrected chi connectivity index (χ4v) is 2.60. The number of thiocarbonyl (C=S) groups is 1. The van der Waals surface area contributed by atoms with Gasteiger partial charge in [0, 0.05) is 17.7 Å². The molecule has 0 spiro atoms. The molecule has 0 saturated heterocycles. The lowest BCUT2D eigenvalue weighted by Crippen LogP contribution is -1.92. The van der Waals surface area contributed by atoms with Gasteiger partial charge in [-0.05, 0) is 57.3 Å². The molecule has 13 nitrogen and oxygen atoms in total. The van der Waals surface area contributed by atoms with E-state index in [1.54, 1.807) is 6.92 Å². The largest absolute Gasteiger partial charge is 0.349 e. The molecule has 5 aliphatic rings. The van der Waals surface area contributed by atoms with Crippen LogP contribution in [0.5, 0.6) is 0 Å². The van der Waals surface area contributed by atoms with E-state index in [4.69, 9.17) is 0 Å². The van der Waals surface area contributed by atoms with Gasteiger partial charge >= 0.3 is 5.97 Å². The van der Waals surface area contributed by atoms with Crippen LogP contribution in [0.1, 0.15) is 53.9 Å². The van der Waals surface area contributed by atoms with Crippen LogP contribution in [0.4, 0.5) is 0 Å². The molecule has 5 heterocycles. The van der Waals surface area contributed by atoms with Gasteiger partial charge in [0.05, 0.1) is 42.1 Å². The first-order valence-corrected chi connectivity index (χ1v) is 10.8. The normalized spacial score (nSPS) is 19.1. The van der Waals surface area contributed by atoms with Crippen molar-refractivity contribution in [1.29, 1.82) is 0 Å². The van der Waals surface area contributed by atoms with E-state index in [9.17, 15) is 9.59 Å². The van der Waals surface area contributed by atoms with Gasteiger partial charge in [0.1, 0.15) is 13.1 Å². The Bertz CT molecular complexity index is 848. The summed E-state index contributed by atoms with van der Waals surface area (Å²) >= 11 is 5.71. The van der Waals surface area contributed by atoms with Gasteiger partial charge in [-0.25, -0.2) is 9.19 Å². The second-order valence-electron chi connectivity index (χ2n) is 6.85. The molecule has 0 aromatic carbocycles. The summed E-state index contributed by atoms with van der Waals surface area (Å²) in [6.07, 6.45) is 1.64. The highest BCUT2D eigenvalue weighted by Crippen LogP contribution is 2.15. The number of carbonyl (C=O) groups is 2. The molecule has 0 aliphatic carbocycles. The second-order valence-corrected chi connectivity index (χ2v) is 8.12. The number of hydrogen-bond acceptors (Lipinski definition) is 15. The molecule has 0 amide bonds. The Kier molecular flexibility index (Phi) is 13.3. The summed E-state index contributed by atoms with van der Waals surface area (Å²) in [6, 6.07) is 0. The fourth-order valence-electron chi connectivity index (χ4n) is 1.75. The predicted octanol–water partition coefficient (Wildman–Crippen LogP) is 4.10. The zero-order valence-electron chi connectivity index (χ0n) is 19.0. The van der Waals surface area contributed by atoms with Gasteiger partial charge in [0.2, 0.25) is 10.2 Å². The summed E-state index contributed by atoms with van der Waals surface area (Å²) in [6.45, 7) is 10.7. The molecule has 5 aliphatic heterocycles. The quantitative estimate of drug-likeness (QED) is 0.279. The van der Waals surface area contributed by atoms with E-state index in [-0.39, 0.29) is 11.1 Å². The van der Waals surface area contributed by atoms with Gasteiger partial charge in [0.15, 0.2) is 0 Å². The van der Waals surface area contributed by atoms with Gasteiger partial charge in [0.25, 0.3) is 0 Å². The maximum absolute atomic E-state index is 10.3. The lowest BCUT2D eigenvalue weighted by atomic mass is 10.3. The van der Waals surface area contributed by atoms with Crippen molar-refractivity contribution in [3.05, 3.63) is 0 Å². The molecule has 178 valence electrons. The maximum Gasteiger partial charge on any atom is 0.340 e. The summed E-state index contributed by atoms with van der Waals surface area (Å²) in [5, 5.41) is 28.9. The number of oxime groups is 2. The standard InChI is InChI=1S/C4H5NO2.2C4H5NOS.2C3H5N3/c2*1-3-2-4(6)7-5-3;1-3-2-4(7)6-5-3;2*1-3-2-4-6-5-3/h3*2H2,1H3;2*2H2,1H3. The Labute approximate surface area is 200 Å². The third kappa shape index (κ3) is 14.6. The van der Waals surface area contributed by atoms with Crippen LogP contribution in [0.15, 0.2) is 45.6 Å². The first-order chi connectivity index (χ1) is 15.7. The van der Waals surface area contributed by atoms with Gasteiger partial charge in [-0.15, -0.1) is 10.2 Å². The topological polar surface area (TPSA) is 164 Å². The van der Waals surface area contributed by atoms with E-state index in [2.05, 4.69) is 67.5 Å². The van der Waals surface area contributed by atoms with Crippen molar-refractivity contribution in [3.63, 3.8) is 0 Å². The summed E-state index contributed by atoms with van der Waals surface area (Å²) in [7, 11) is 0. The van der Waals surface area contributed by atoms with Crippen LogP contribution in [-0.2, 0) is 19.3 Å². The molecule has 0 bridgehead atoms. The van der Waals surface area contributed by atoms with E-state index in [0.29, 0.717) is 31.0 Å². The van der Waals surface area contributed by atoms with Crippen molar-refractivity contribution in [2.24, 2.45) is 45.6 Å². The van der Waals surface area contributed by atoms with E-state index in [1.165, 1.54) is 0 Å². The van der Waals surface area contributed by atoms with Crippen molar-refractivity contribution in [2.75, 3.05) is 13.1 Å². The summed E-state index contributed by atoms with van der Waals surface area (Å²) in [5.74, 6) is -0.252. The lowest BCUT2D eigenvalue weighted by Gasteiger charge is -1.79. The third-order valence-electron chi connectivity index (χ3n) is 3.27. The van der Waals surface area contributed by atoms with Gasteiger partial charge in [-0.2, -0.15) is 10.2 Å². The monoisotopic (exact) mass is 495 g/mol. The molecule has 33 heavy (non-hydrogen) atoms. The van der Waals surface area contributed by atoms with E-state index in [1.807, 2.05) is 27.7 Å². The van der Waals surface area contributed by atoms with Crippen LogP contribution in [0.3, 0.4) is 0 Å². The van der Waals surface area contributed by atoms with Crippen LogP contribution >= 0.6 is 24.2 Å². The van der Waals surface area contributed by atoms with E-state index < -0.39 is 0 Å². The smallest absolute Gasteiger partial charge is 0.340 e. The van der Waals surface area contributed by atoms with Crippen molar-refractivity contribution in [2.45, 2.75) is 53.9 Å². The number of carbonyl (C=O) groups excluding carboxylic acids is 2. The second kappa shape index (κ2) is 15.7. The Morgan fingerprint density at radius 3 is 1.39 bits per heavy atom. The zero-order valence-corrected chi connectivity index (χ0v) is 20.6. The van der Waals surface area contributed by atoms with Crippen molar-refractivity contribution >= 4 is 68.9 Å². The third-order valence-corrected chi connectivity index (χ3v) is 4.24. The SMILES string of the molecule is CC1=NN=NC1.CC1=NN=NC1.CC1=NOC(=O)C1.CC1=NOC(=S)C1.CC1=NSC(=O)C1. The molecule has 0 unspecified atom stereocenters. The maximum atomic E-state index is 10.3. The molecule has 0 aromatic rings. The van der Waals surface area contributed by atoms with Crippen molar-refractivity contribution in [3.8, 4) is 0 Å². The Morgan fingerprint density at radius 1 is 0.727 bits per heavy atom. The van der Waals surface area contributed by atoms with Crippen molar-refractivity contribution < 1.29 is 19.3 Å². The Morgan fingerprint density at radius 2 is 1.27 bits per heavy atom. The average Bonchev–Trinajstić information content (AvgIpc) is 3.57. The lowest BCUT2D eigenvalue weighted by molar-refractivity contribution is -0.140. The van der Waals surface area contributed by atoms with Crippen LogP contribution in [0.25, 0.3) is 0 Å².